The van der Waals surface area contributed by atoms with Crippen LogP contribution < -0.4 is 16.1 Å². The fourth-order valence-corrected chi connectivity index (χ4v) is 2.88. The molecule has 5 nitrogen and oxygen atoms in total. The summed E-state index contributed by atoms with van der Waals surface area (Å²) in [4.78, 5) is 12.6. The third-order valence-corrected chi connectivity index (χ3v) is 4.69. The van der Waals surface area contributed by atoms with Crippen LogP contribution in [-0.4, -0.2) is 23.7 Å². The van der Waals surface area contributed by atoms with E-state index in [-0.39, 0.29) is 11.4 Å². The molecule has 29 heavy (non-hydrogen) atoms. The molecule has 148 valence electrons. The lowest BCUT2D eigenvalue weighted by Gasteiger charge is -2.14. The smallest absolute Gasteiger partial charge is 0.308 e. The lowest BCUT2D eigenvalue weighted by Crippen LogP contribution is -2.21. The molecule has 2 aromatic carbocycles. The van der Waals surface area contributed by atoms with Gasteiger partial charge >= 0.3 is 6.03 Å². The van der Waals surface area contributed by atoms with Gasteiger partial charge in [0.2, 0.25) is 0 Å². The maximum Gasteiger partial charge on any atom is 0.324 e. The molecule has 0 aliphatic heterocycles. The average Bonchev–Trinajstić information content (AvgIpc) is 3.08. The predicted molar refractivity (Wildman–Crippen MR) is 121 cm³/mol. The second kappa shape index (κ2) is 8.15. The Bertz CT molecular complexity index is 983. The van der Waals surface area contributed by atoms with Crippen molar-refractivity contribution in [3.05, 3.63) is 65.9 Å². The van der Waals surface area contributed by atoms with E-state index >= 15 is 0 Å². The number of hydrogen-bond acceptors (Lipinski definition) is 2. The number of urea groups is 1. The Labute approximate surface area is 173 Å². The minimum absolute atomic E-state index is 0.146. The van der Waals surface area contributed by atoms with Crippen LogP contribution in [0.2, 0.25) is 0 Å². The van der Waals surface area contributed by atoms with Crippen molar-refractivity contribution < 1.29 is 4.79 Å². The molecular formula is C23H27BN4O. The van der Waals surface area contributed by atoms with Crippen LogP contribution in [0.25, 0.3) is 5.69 Å². The van der Waals surface area contributed by atoms with Crippen LogP contribution in [0.3, 0.4) is 0 Å². The maximum atomic E-state index is 12.6. The van der Waals surface area contributed by atoms with Gasteiger partial charge in [-0.25, -0.2) is 9.48 Å². The SMILES string of the molecule is [B]c1ccc(NC(=O)Nc2cc(C(C)(C)C)nn2-c2ccc(C(C)C)cc2)cc1. The first kappa shape index (κ1) is 20.7. The lowest BCUT2D eigenvalue weighted by molar-refractivity contribution is 0.262. The molecule has 1 aromatic heterocycles. The van der Waals surface area contributed by atoms with Gasteiger partial charge in [-0.15, -0.1) is 0 Å². The second-order valence-electron chi connectivity index (χ2n) is 8.52. The molecule has 0 saturated heterocycles. The first-order valence-electron chi connectivity index (χ1n) is 9.78. The molecule has 0 bridgehead atoms. The Kier molecular flexibility index (Phi) is 5.82. The van der Waals surface area contributed by atoms with Gasteiger partial charge in [-0.2, -0.15) is 5.10 Å². The van der Waals surface area contributed by atoms with Gasteiger partial charge < -0.3 is 5.32 Å². The summed E-state index contributed by atoms with van der Waals surface area (Å²) in [5, 5.41) is 10.5. The van der Waals surface area contributed by atoms with Crippen molar-refractivity contribution >= 4 is 30.8 Å². The third kappa shape index (κ3) is 5.08. The number of carbonyl (C=O) groups is 1. The lowest BCUT2D eigenvalue weighted by atomic mass is 9.92. The molecule has 0 aliphatic carbocycles. The molecule has 1 heterocycles. The van der Waals surface area contributed by atoms with E-state index in [1.54, 1.807) is 28.9 Å². The molecule has 2 amide bonds. The summed E-state index contributed by atoms with van der Waals surface area (Å²) < 4.78 is 1.77. The van der Waals surface area contributed by atoms with Crippen molar-refractivity contribution in [1.82, 2.24) is 9.78 Å². The fourth-order valence-electron chi connectivity index (χ4n) is 2.88. The molecule has 0 fully saturated rings. The van der Waals surface area contributed by atoms with E-state index in [0.29, 0.717) is 22.9 Å². The highest BCUT2D eigenvalue weighted by Crippen LogP contribution is 2.27. The second-order valence-corrected chi connectivity index (χ2v) is 8.52. The van der Waals surface area contributed by atoms with Crippen LogP contribution in [0.5, 0.6) is 0 Å². The summed E-state index contributed by atoms with van der Waals surface area (Å²) in [5.41, 5.74) is 4.22. The predicted octanol–water partition coefficient (Wildman–Crippen LogP) is 4.73. The number of anilines is 2. The van der Waals surface area contributed by atoms with Gasteiger partial charge in [-0.3, -0.25) is 5.32 Å². The largest absolute Gasteiger partial charge is 0.324 e. The van der Waals surface area contributed by atoms with Gasteiger partial charge in [-0.05, 0) is 35.7 Å². The van der Waals surface area contributed by atoms with E-state index in [1.807, 2.05) is 18.2 Å². The zero-order valence-electron chi connectivity index (χ0n) is 17.7. The number of aromatic nitrogens is 2. The van der Waals surface area contributed by atoms with E-state index in [2.05, 4.69) is 57.4 Å². The minimum Gasteiger partial charge on any atom is -0.308 e. The molecule has 3 aromatic rings. The average molecular weight is 386 g/mol. The summed E-state index contributed by atoms with van der Waals surface area (Å²) in [7, 11) is 5.70. The summed E-state index contributed by atoms with van der Waals surface area (Å²) in [6.45, 7) is 10.6. The number of nitrogens with one attached hydrogen (secondary N) is 2. The molecule has 0 unspecified atom stereocenters. The Balaban J connectivity index is 1.89. The molecular weight excluding hydrogens is 359 g/mol. The molecule has 0 spiro atoms. The normalized spacial score (nSPS) is 11.5. The van der Waals surface area contributed by atoms with Crippen LogP contribution in [0.15, 0.2) is 54.6 Å². The van der Waals surface area contributed by atoms with Crippen LogP contribution >= 0.6 is 0 Å². The number of amides is 2. The van der Waals surface area contributed by atoms with E-state index in [0.717, 1.165) is 11.4 Å². The Morgan fingerprint density at radius 1 is 1.00 bits per heavy atom. The number of hydrogen-bond donors (Lipinski definition) is 2. The first-order chi connectivity index (χ1) is 13.6. The van der Waals surface area contributed by atoms with Crippen molar-refractivity contribution in [2.45, 2.75) is 46.0 Å². The summed E-state index contributed by atoms with van der Waals surface area (Å²) in [5.74, 6) is 1.07. The van der Waals surface area contributed by atoms with Gasteiger partial charge in [0.15, 0.2) is 0 Å². The van der Waals surface area contributed by atoms with Crippen molar-refractivity contribution in [1.29, 1.82) is 0 Å². The van der Waals surface area contributed by atoms with E-state index in [1.165, 1.54) is 5.56 Å². The van der Waals surface area contributed by atoms with Crippen molar-refractivity contribution in [3.8, 4) is 5.69 Å². The summed E-state index contributed by atoms with van der Waals surface area (Å²) in [6.07, 6.45) is 0. The standard InChI is InChI=1S/C23H27BN4O/c1-15(2)16-6-12-19(13-7-16)28-21(14-20(27-28)23(3,4)5)26-22(29)25-18-10-8-17(24)9-11-18/h6-15H,1-5H3,(H2,25,26,29). The molecule has 2 radical (unpaired) electrons. The molecule has 3 rings (SSSR count). The number of nitrogens with zero attached hydrogens (tertiary/aromatic N) is 2. The monoisotopic (exact) mass is 386 g/mol. The highest BCUT2D eigenvalue weighted by molar-refractivity contribution is 6.32. The molecule has 0 aliphatic rings. The maximum absolute atomic E-state index is 12.6. The third-order valence-electron chi connectivity index (χ3n) is 4.69. The van der Waals surface area contributed by atoms with Crippen molar-refractivity contribution in [3.63, 3.8) is 0 Å². The number of carbonyl (C=O) groups excluding carboxylic acids is 1. The van der Waals surface area contributed by atoms with E-state index < -0.39 is 0 Å². The molecule has 6 heteroatoms. The Hall–Kier alpha value is -3.02. The summed E-state index contributed by atoms with van der Waals surface area (Å²) >= 11 is 0. The van der Waals surface area contributed by atoms with Crippen LogP contribution in [0.4, 0.5) is 16.3 Å². The van der Waals surface area contributed by atoms with Gasteiger partial charge in [-0.1, -0.05) is 64.3 Å². The van der Waals surface area contributed by atoms with Gasteiger partial charge in [0.05, 0.1) is 11.4 Å². The zero-order chi connectivity index (χ0) is 21.2. The number of benzene rings is 2. The first-order valence-corrected chi connectivity index (χ1v) is 9.78. The Morgan fingerprint density at radius 3 is 2.17 bits per heavy atom. The highest BCUT2D eigenvalue weighted by atomic mass is 16.2. The van der Waals surface area contributed by atoms with Gasteiger partial charge in [0, 0.05) is 17.2 Å². The van der Waals surface area contributed by atoms with Crippen molar-refractivity contribution in [2.24, 2.45) is 0 Å². The van der Waals surface area contributed by atoms with Crippen molar-refractivity contribution in [2.75, 3.05) is 10.6 Å². The zero-order valence-corrected chi connectivity index (χ0v) is 17.7. The quantitative estimate of drug-likeness (QED) is 0.637. The van der Waals surface area contributed by atoms with E-state index in [4.69, 9.17) is 12.9 Å². The molecule has 0 atom stereocenters. The molecule has 2 N–H and O–H groups in total. The fraction of sp³-hybridized carbons (Fsp3) is 0.304. The highest BCUT2D eigenvalue weighted by Gasteiger charge is 2.21. The van der Waals surface area contributed by atoms with Gasteiger partial charge in [0.25, 0.3) is 0 Å². The minimum atomic E-state index is -0.338. The topological polar surface area (TPSA) is 59.0 Å². The Morgan fingerprint density at radius 2 is 1.62 bits per heavy atom. The summed E-state index contributed by atoms with van der Waals surface area (Å²) in [6, 6.07) is 16.8. The molecule has 0 saturated carbocycles. The van der Waals surface area contributed by atoms with Crippen LogP contribution in [0, 0.1) is 0 Å². The van der Waals surface area contributed by atoms with Gasteiger partial charge in [0.1, 0.15) is 13.7 Å². The van der Waals surface area contributed by atoms with Crippen LogP contribution in [-0.2, 0) is 5.41 Å². The number of rotatable bonds is 4. The van der Waals surface area contributed by atoms with Crippen LogP contribution in [0.1, 0.15) is 51.8 Å². The van der Waals surface area contributed by atoms with E-state index in [9.17, 15) is 4.79 Å².